The molecule has 0 saturated carbocycles. The van der Waals surface area contributed by atoms with Gasteiger partial charge in [0.05, 0.1) is 6.54 Å². The summed E-state index contributed by atoms with van der Waals surface area (Å²) >= 11 is 0. The topological polar surface area (TPSA) is 214 Å². The number of nitrogens with one attached hydrogen (secondary N) is 3. The summed E-state index contributed by atoms with van der Waals surface area (Å²) in [6, 6.07) is -3.41. The van der Waals surface area contributed by atoms with Gasteiger partial charge in [-0.25, -0.2) is 4.79 Å². The highest BCUT2D eigenvalue weighted by Crippen LogP contribution is 2.11. The summed E-state index contributed by atoms with van der Waals surface area (Å²) in [5, 5.41) is 25.5. The minimum atomic E-state index is -1.20. The van der Waals surface area contributed by atoms with Crippen LogP contribution >= 0.6 is 0 Å². The molecule has 0 bridgehead atoms. The number of rotatable bonds is 16. The summed E-state index contributed by atoms with van der Waals surface area (Å²) in [5.41, 5.74) is 10.7. The molecule has 0 aromatic heterocycles. The molecular formula is C19H35N5O7. The molecule has 0 saturated heterocycles. The van der Waals surface area contributed by atoms with Gasteiger partial charge in [-0.2, -0.15) is 0 Å². The number of carboxylic acids is 2. The molecule has 0 aliphatic carbocycles. The number of amides is 3. The van der Waals surface area contributed by atoms with Gasteiger partial charge in [-0.3, -0.25) is 19.2 Å². The highest BCUT2D eigenvalue weighted by molar-refractivity contribution is 5.93. The van der Waals surface area contributed by atoms with Crippen LogP contribution in [0.2, 0.25) is 0 Å². The zero-order chi connectivity index (χ0) is 24.0. The first-order valence-corrected chi connectivity index (χ1v) is 10.3. The number of carbonyl (C=O) groups excluding carboxylic acids is 3. The van der Waals surface area contributed by atoms with Crippen LogP contribution in [0, 0.1) is 5.92 Å². The van der Waals surface area contributed by atoms with E-state index in [9.17, 15) is 29.1 Å². The van der Waals surface area contributed by atoms with Gasteiger partial charge in [-0.1, -0.05) is 20.3 Å². The van der Waals surface area contributed by atoms with Crippen molar-refractivity contribution in [1.82, 2.24) is 16.0 Å². The lowest BCUT2D eigenvalue weighted by atomic mass is 9.96. The lowest BCUT2D eigenvalue weighted by molar-refractivity contribution is -0.143. The fourth-order valence-electron chi connectivity index (χ4n) is 2.76. The van der Waals surface area contributed by atoms with Gasteiger partial charge in [-0.15, -0.1) is 0 Å². The Bertz CT molecular complexity index is 629. The van der Waals surface area contributed by atoms with E-state index in [1.807, 2.05) is 0 Å². The summed E-state index contributed by atoms with van der Waals surface area (Å²) in [5.74, 6) is -4.79. The van der Waals surface area contributed by atoms with Crippen LogP contribution in [0.15, 0.2) is 0 Å². The van der Waals surface area contributed by atoms with E-state index in [0.29, 0.717) is 25.8 Å². The number of hydrogen-bond donors (Lipinski definition) is 7. The zero-order valence-corrected chi connectivity index (χ0v) is 18.1. The van der Waals surface area contributed by atoms with Crippen molar-refractivity contribution < 1.29 is 34.2 Å². The number of carboxylic acid groups (broad SMARTS) is 2. The van der Waals surface area contributed by atoms with E-state index < -0.39 is 54.3 Å². The fourth-order valence-corrected chi connectivity index (χ4v) is 2.76. The second-order valence-electron chi connectivity index (χ2n) is 7.31. The molecular weight excluding hydrogens is 410 g/mol. The Hall–Kier alpha value is -2.73. The predicted octanol–water partition coefficient (Wildman–Crippen LogP) is -1.48. The van der Waals surface area contributed by atoms with E-state index in [-0.39, 0.29) is 25.2 Å². The fraction of sp³-hybridized carbons (Fsp3) is 0.737. The van der Waals surface area contributed by atoms with Crippen LogP contribution in [0.3, 0.4) is 0 Å². The smallest absolute Gasteiger partial charge is 0.326 e. The number of hydrogen-bond acceptors (Lipinski definition) is 7. The van der Waals surface area contributed by atoms with E-state index in [4.69, 9.17) is 16.6 Å². The van der Waals surface area contributed by atoms with Gasteiger partial charge in [0.15, 0.2) is 0 Å². The molecule has 31 heavy (non-hydrogen) atoms. The highest BCUT2D eigenvalue weighted by Gasteiger charge is 2.32. The summed E-state index contributed by atoms with van der Waals surface area (Å²) in [7, 11) is 0. The number of aliphatic carboxylic acids is 2. The molecule has 9 N–H and O–H groups in total. The lowest BCUT2D eigenvalue weighted by Crippen LogP contribution is -2.58. The highest BCUT2D eigenvalue weighted by atomic mass is 16.4. The molecule has 3 amide bonds. The molecule has 178 valence electrons. The normalized spacial score (nSPS) is 14.6. The van der Waals surface area contributed by atoms with Crippen LogP contribution in [0.1, 0.15) is 52.4 Å². The third kappa shape index (κ3) is 11.3. The maximum absolute atomic E-state index is 12.8. The number of carbonyl (C=O) groups is 5. The van der Waals surface area contributed by atoms with Crippen molar-refractivity contribution in [3.05, 3.63) is 0 Å². The minimum Gasteiger partial charge on any atom is -0.481 e. The van der Waals surface area contributed by atoms with Crippen LogP contribution in [0.4, 0.5) is 0 Å². The summed E-state index contributed by atoms with van der Waals surface area (Å²) in [6.45, 7) is 3.51. The van der Waals surface area contributed by atoms with Crippen LogP contribution in [-0.2, 0) is 24.0 Å². The Kier molecular flexibility index (Phi) is 13.8. The molecule has 0 radical (unpaired) electrons. The summed E-state index contributed by atoms with van der Waals surface area (Å²) < 4.78 is 0. The largest absolute Gasteiger partial charge is 0.481 e. The quantitative estimate of drug-likeness (QED) is 0.138. The molecule has 0 aliphatic rings. The van der Waals surface area contributed by atoms with Crippen molar-refractivity contribution in [3.8, 4) is 0 Å². The third-order valence-electron chi connectivity index (χ3n) is 4.84. The van der Waals surface area contributed by atoms with Gasteiger partial charge in [0.1, 0.15) is 18.1 Å². The van der Waals surface area contributed by atoms with Crippen molar-refractivity contribution >= 4 is 29.7 Å². The van der Waals surface area contributed by atoms with Crippen molar-refractivity contribution in [2.45, 2.75) is 70.5 Å². The van der Waals surface area contributed by atoms with Crippen molar-refractivity contribution in [1.29, 1.82) is 0 Å². The maximum atomic E-state index is 12.8. The van der Waals surface area contributed by atoms with E-state index in [2.05, 4.69) is 16.0 Å². The average molecular weight is 446 g/mol. The first-order valence-electron chi connectivity index (χ1n) is 10.3. The summed E-state index contributed by atoms with van der Waals surface area (Å²) in [6.07, 6.45) is 1.23. The number of unbranched alkanes of at least 4 members (excludes halogenated alkanes) is 1. The molecule has 4 unspecified atom stereocenters. The molecule has 0 spiro atoms. The van der Waals surface area contributed by atoms with Gasteiger partial charge >= 0.3 is 11.9 Å². The first-order chi connectivity index (χ1) is 14.6. The molecule has 0 aliphatic heterocycles. The van der Waals surface area contributed by atoms with Crippen LogP contribution < -0.4 is 27.4 Å². The molecule has 0 rings (SSSR count). The first kappa shape index (κ1) is 28.3. The second-order valence-corrected chi connectivity index (χ2v) is 7.31. The van der Waals surface area contributed by atoms with Gasteiger partial charge in [0.2, 0.25) is 17.7 Å². The SMILES string of the molecule is CCC(C)C(NC(=O)C(CCC(=O)O)NC(=O)CN)C(=O)NC(CCCCN)C(=O)O. The van der Waals surface area contributed by atoms with Gasteiger partial charge < -0.3 is 37.6 Å². The Morgan fingerprint density at radius 3 is 2.00 bits per heavy atom. The maximum Gasteiger partial charge on any atom is 0.326 e. The average Bonchev–Trinajstić information content (AvgIpc) is 2.72. The molecule has 12 heteroatoms. The third-order valence-corrected chi connectivity index (χ3v) is 4.84. The second kappa shape index (κ2) is 15.1. The van der Waals surface area contributed by atoms with E-state index in [1.54, 1.807) is 13.8 Å². The Morgan fingerprint density at radius 2 is 1.52 bits per heavy atom. The lowest BCUT2D eigenvalue weighted by Gasteiger charge is -2.27. The number of nitrogens with two attached hydrogens (primary N) is 2. The predicted molar refractivity (Wildman–Crippen MR) is 112 cm³/mol. The van der Waals surface area contributed by atoms with Crippen LogP contribution in [0.25, 0.3) is 0 Å². The van der Waals surface area contributed by atoms with Gasteiger partial charge in [0.25, 0.3) is 0 Å². The van der Waals surface area contributed by atoms with Crippen LogP contribution in [-0.4, -0.2) is 71.1 Å². The Balaban J connectivity index is 5.38. The molecule has 12 nitrogen and oxygen atoms in total. The van der Waals surface area contributed by atoms with Crippen molar-refractivity contribution in [2.75, 3.05) is 13.1 Å². The van der Waals surface area contributed by atoms with E-state index >= 15 is 0 Å². The van der Waals surface area contributed by atoms with Gasteiger partial charge in [0, 0.05) is 6.42 Å². The van der Waals surface area contributed by atoms with Crippen molar-refractivity contribution in [2.24, 2.45) is 17.4 Å². The van der Waals surface area contributed by atoms with E-state index in [1.165, 1.54) is 0 Å². The zero-order valence-electron chi connectivity index (χ0n) is 18.1. The Labute approximate surface area is 181 Å². The minimum absolute atomic E-state index is 0.188. The van der Waals surface area contributed by atoms with Gasteiger partial charge in [-0.05, 0) is 38.1 Å². The molecule has 0 aromatic carbocycles. The van der Waals surface area contributed by atoms with Crippen molar-refractivity contribution in [3.63, 3.8) is 0 Å². The monoisotopic (exact) mass is 445 g/mol. The molecule has 0 heterocycles. The van der Waals surface area contributed by atoms with Crippen LogP contribution in [0.5, 0.6) is 0 Å². The molecule has 0 fully saturated rings. The van der Waals surface area contributed by atoms with E-state index in [0.717, 1.165) is 0 Å². The molecule has 0 aromatic rings. The standard InChI is InChI=1S/C19H35N5O7/c1-3-11(2)16(18(29)23-13(19(30)31)6-4-5-9-20)24-17(28)12(7-8-15(26)27)22-14(25)10-21/h11-13,16H,3-10,20-21H2,1-2H3,(H,22,25)(H,23,29)(H,24,28)(H,26,27)(H,30,31). The molecule has 4 atom stereocenters. The summed E-state index contributed by atoms with van der Waals surface area (Å²) in [4.78, 5) is 59.4. The Morgan fingerprint density at radius 1 is 0.871 bits per heavy atom.